The summed E-state index contributed by atoms with van der Waals surface area (Å²) in [6.45, 7) is 2.38. The molecule has 0 saturated carbocycles. The van der Waals surface area contributed by atoms with E-state index in [1.54, 1.807) is 17.3 Å². The minimum absolute atomic E-state index is 0.0692. The van der Waals surface area contributed by atoms with Crippen LogP contribution in [0.2, 0.25) is 0 Å². The van der Waals surface area contributed by atoms with Crippen molar-refractivity contribution in [3.05, 3.63) is 178 Å². The number of amides is 1. The number of benzene rings is 4. The molecule has 6 aromatic rings. The molecule has 0 spiro atoms. The number of hydrogen-bond donors (Lipinski definition) is 1. The number of imidazole rings is 1. The van der Waals surface area contributed by atoms with E-state index in [1.165, 1.54) is 0 Å². The van der Waals surface area contributed by atoms with E-state index < -0.39 is 11.4 Å². The van der Waals surface area contributed by atoms with Crippen LogP contribution >= 0.6 is 27.5 Å². The number of halogens is 2. The minimum atomic E-state index is -0.936. The maximum atomic E-state index is 12.9. The SMILES string of the molecule is CCCc1nc(CCl)c(C(N)=O)n1Cc1c2ccocc-2c(Br)c1-c1ccccc1-c1nnn(C(c2ccccc2)(c2ccccc2)c2ccccc2)n1. The summed E-state index contributed by atoms with van der Waals surface area (Å²) in [6.07, 6.45) is 4.85. The molecule has 0 atom stereocenters. The van der Waals surface area contributed by atoms with Crippen molar-refractivity contribution in [1.29, 1.82) is 0 Å². The van der Waals surface area contributed by atoms with Crippen LogP contribution in [0.3, 0.4) is 0 Å². The number of nitrogens with two attached hydrogens (primary N) is 1. The van der Waals surface area contributed by atoms with Crippen LogP contribution in [-0.4, -0.2) is 35.7 Å². The van der Waals surface area contributed by atoms with Gasteiger partial charge in [-0.25, -0.2) is 4.98 Å². The third-order valence-corrected chi connectivity index (χ3v) is 10.9. The predicted octanol–water partition coefficient (Wildman–Crippen LogP) is 9.34. The second-order valence-corrected chi connectivity index (χ2v) is 14.0. The highest BCUT2D eigenvalue weighted by molar-refractivity contribution is 9.10. The lowest BCUT2D eigenvalue weighted by atomic mass is 9.77. The number of hydrogen-bond acceptors (Lipinski definition) is 6. The highest BCUT2D eigenvalue weighted by atomic mass is 79.9. The normalized spacial score (nSPS) is 11.7. The van der Waals surface area contributed by atoms with Crippen molar-refractivity contribution in [2.24, 2.45) is 5.73 Å². The fraction of sp³-hybridized carbons (Fsp3) is 0.140. The number of nitrogens with zero attached hydrogens (tertiary/aromatic N) is 6. The Balaban J connectivity index is 1.34. The van der Waals surface area contributed by atoms with Gasteiger partial charge in [0.25, 0.3) is 5.91 Å². The smallest absolute Gasteiger partial charge is 0.267 e. The van der Waals surface area contributed by atoms with Crippen molar-refractivity contribution in [3.63, 3.8) is 0 Å². The van der Waals surface area contributed by atoms with E-state index in [4.69, 9.17) is 42.1 Å². The number of primary amides is 1. The first-order chi connectivity index (χ1) is 26.5. The molecule has 1 aliphatic heterocycles. The summed E-state index contributed by atoms with van der Waals surface area (Å²) in [4.78, 5) is 19.4. The summed E-state index contributed by atoms with van der Waals surface area (Å²) < 4.78 is 8.41. The van der Waals surface area contributed by atoms with E-state index >= 15 is 0 Å². The summed E-state index contributed by atoms with van der Waals surface area (Å²) in [7, 11) is 0. The monoisotopic (exact) mass is 795 g/mol. The Morgan fingerprint density at radius 3 is 1.98 bits per heavy atom. The van der Waals surface area contributed by atoms with E-state index in [0.29, 0.717) is 30.2 Å². The largest absolute Gasteiger partial charge is 0.472 e. The lowest BCUT2D eigenvalue weighted by molar-refractivity contribution is 0.0990. The van der Waals surface area contributed by atoms with Gasteiger partial charge in [-0.3, -0.25) is 4.79 Å². The number of aromatic nitrogens is 6. The number of aryl methyl sites for hydroxylation is 1. The number of fused-ring (bicyclic) bond motifs is 1. The van der Waals surface area contributed by atoms with Crippen molar-refractivity contribution in [2.75, 3.05) is 0 Å². The molecule has 268 valence electrons. The average Bonchev–Trinajstić information content (AvgIpc) is 3.92. The van der Waals surface area contributed by atoms with Crippen LogP contribution in [-0.2, 0) is 24.4 Å². The zero-order chi connectivity index (χ0) is 37.2. The number of carbonyl (C=O) groups is 1. The molecule has 2 aliphatic rings. The van der Waals surface area contributed by atoms with Crippen molar-refractivity contribution in [1.82, 2.24) is 29.8 Å². The van der Waals surface area contributed by atoms with Crippen LogP contribution < -0.4 is 5.73 Å². The van der Waals surface area contributed by atoms with Crippen LogP contribution in [0.25, 0.3) is 33.6 Å². The summed E-state index contributed by atoms with van der Waals surface area (Å²) in [6, 6.07) is 40.7. The number of rotatable bonds is 12. The fourth-order valence-electron chi connectivity index (χ4n) is 7.56. The third-order valence-electron chi connectivity index (χ3n) is 9.87. The molecule has 0 unspecified atom stereocenters. The predicted molar refractivity (Wildman–Crippen MR) is 213 cm³/mol. The van der Waals surface area contributed by atoms with E-state index in [9.17, 15) is 4.79 Å². The van der Waals surface area contributed by atoms with Gasteiger partial charge in [0.05, 0.1) is 30.6 Å². The first-order valence-electron chi connectivity index (χ1n) is 17.6. The van der Waals surface area contributed by atoms with Gasteiger partial charge in [-0.15, -0.1) is 26.6 Å². The first kappa shape index (κ1) is 35.2. The highest BCUT2D eigenvalue weighted by Gasteiger charge is 2.41. The molecular weight excluding hydrogens is 762 g/mol. The number of carbonyl (C=O) groups excluding carboxylic acids is 1. The molecular formula is C43H35BrClN7O2. The van der Waals surface area contributed by atoms with Crippen molar-refractivity contribution < 1.29 is 9.21 Å². The molecule has 54 heavy (non-hydrogen) atoms. The zero-order valence-corrected chi connectivity index (χ0v) is 31.7. The van der Waals surface area contributed by atoms with Gasteiger partial charge in [-0.05, 0) is 67.0 Å². The van der Waals surface area contributed by atoms with Gasteiger partial charge in [-0.1, -0.05) is 122 Å². The number of tetrazole rings is 1. The fourth-order valence-corrected chi connectivity index (χ4v) is 8.50. The minimum Gasteiger partial charge on any atom is -0.472 e. The Hall–Kier alpha value is -5.84. The van der Waals surface area contributed by atoms with Gasteiger partial charge < -0.3 is 14.7 Å². The van der Waals surface area contributed by atoms with Crippen molar-refractivity contribution in [3.8, 4) is 33.6 Å². The zero-order valence-electron chi connectivity index (χ0n) is 29.4. The van der Waals surface area contributed by atoms with Gasteiger partial charge in [0.1, 0.15) is 11.5 Å². The lowest BCUT2D eigenvalue weighted by Crippen LogP contribution is -2.39. The van der Waals surface area contributed by atoms with E-state index in [1.807, 2.05) is 83.4 Å². The molecule has 11 heteroatoms. The maximum Gasteiger partial charge on any atom is 0.267 e. The van der Waals surface area contributed by atoms with Crippen LogP contribution in [0.5, 0.6) is 0 Å². The summed E-state index contributed by atoms with van der Waals surface area (Å²) in [5.41, 5.74) is 14.1. The molecule has 0 saturated heterocycles. The van der Waals surface area contributed by atoms with Gasteiger partial charge in [0.2, 0.25) is 5.82 Å². The molecule has 9 nitrogen and oxygen atoms in total. The topological polar surface area (TPSA) is 118 Å². The second kappa shape index (κ2) is 14.9. The highest BCUT2D eigenvalue weighted by Crippen LogP contribution is 2.49. The Kier molecular flexibility index (Phi) is 9.70. The molecule has 2 N–H and O–H groups in total. The van der Waals surface area contributed by atoms with Gasteiger partial charge in [-0.2, -0.15) is 0 Å². The molecule has 0 fully saturated rings. The maximum absolute atomic E-state index is 12.9. The van der Waals surface area contributed by atoms with Gasteiger partial charge in [0.15, 0.2) is 5.54 Å². The molecule has 3 heterocycles. The van der Waals surface area contributed by atoms with E-state index in [-0.39, 0.29) is 5.88 Å². The summed E-state index contributed by atoms with van der Waals surface area (Å²) >= 11 is 10.3. The number of alkyl halides is 1. The molecule has 0 bridgehead atoms. The molecule has 8 rings (SSSR count). The van der Waals surface area contributed by atoms with Crippen LogP contribution in [0.4, 0.5) is 0 Å². The van der Waals surface area contributed by atoms with Gasteiger partial charge >= 0.3 is 0 Å². The molecule has 1 aliphatic carbocycles. The summed E-state index contributed by atoms with van der Waals surface area (Å²) in [5.74, 6) is 0.685. The van der Waals surface area contributed by atoms with E-state index in [2.05, 4.69) is 65.3 Å². The lowest BCUT2D eigenvalue weighted by Gasteiger charge is -2.34. The molecule has 2 aromatic heterocycles. The van der Waals surface area contributed by atoms with Gasteiger partial charge in [0, 0.05) is 27.6 Å². The van der Waals surface area contributed by atoms with Crippen molar-refractivity contribution in [2.45, 2.75) is 37.7 Å². The Morgan fingerprint density at radius 1 is 0.815 bits per heavy atom. The Labute approximate surface area is 325 Å². The van der Waals surface area contributed by atoms with Crippen LogP contribution in [0, 0.1) is 0 Å². The third kappa shape index (κ3) is 5.91. The molecule has 1 amide bonds. The van der Waals surface area contributed by atoms with Crippen LogP contribution in [0.1, 0.15) is 57.6 Å². The first-order valence-corrected chi connectivity index (χ1v) is 19.0. The Bertz CT molecular complexity index is 2430. The average molecular weight is 797 g/mol. The van der Waals surface area contributed by atoms with E-state index in [0.717, 1.165) is 66.8 Å². The second-order valence-electron chi connectivity index (χ2n) is 13.0. The quantitative estimate of drug-likeness (QED) is 0.0973. The molecule has 0 radical (unpaired) electrons. The summed E-state index contributed by atoms with van der Waals surface area (Å²) in [5, 5.41) is 14.8. The standard InChI is InChI=1S/C43H35BrClN7O2/c1-2-14-37-47-36(25-45)40(41(46)53)51(37)26-34-31-23-24-54-27-35(31)39(44)38(34)32-21-12-13-22-33(32)42-48-50-52(49-42)43(28-15-6-3-7-16-28,29-17-8-4-9-18-29)30-19-10-5-11-20-30/h3-13,15-24,27H,2,14,25-26H2,1H3,(H2,46,53). The molecule has 4 aromatic carbocycles. The van der Waals surface area contributed by atoms with Crippen LogP contribution in [0.15, 0.2) is 143 Å². The van der Waals surface area contributed by atoms with Crippen molar-refractivity contribution >= 4 is 33.4 Å². The Morgan fingerprint density at radius 2 is 1.41 bits per heavy atom.